The van der Waals surface area contributed by atoms with Gasteiger partial charge in [0.2, 0.25) is 0 Å². The first kappa shape index (κ1) is 16.6. The third-order valence-electron chi connectivity index (χ3n) is 3.15. The van der Waals surface area contributed by atoms with Crippen LogP contribution in [0.5, 0.6) is 0 Å². The average molecular weight is 419 g/mol. The fourth-order valence-corrected chi connectivity index (χ4v) is 3.32. The molecule has 0 aliphatic carbocycles. The molecule has 1 atom stereocenters. The average Bonchev–Trinajstić information content (AvgIpc) is 2.40. The second-order valence-electron chi connectivity index (χ2n) is 4.76. The quantitative estimate of drug-likeness (QED) is 0.686. The van der Waals surface area contributed by atoms with Gasteiger partial charge in [-0.05, 0) is 60.5 Å². The monoisotopic (exact) mass is 417 g/mol. The van der Waals surface area contributed by atoms with E-state index in [4.69, 9.17) is 0 Å². The summed E-state index contributed by atoms with van der Waals surface area (Å²) in [7, 11) is 0. The molecule has 5 heteroatoms. The zero-order valence-corrected chi connectivity index (χ0v) is 14.6. The van der Waals surface area contributed by atoms with E-state index in [-0.39, 0.29) is 17.7 Å². The molecule has 0 aromatic heterocycles. The van der Waals surface area contributed by atoms with Crippen LogP contribution in [0.1, 0.15) is 24.1 Å². The van der Waals surface area contributed by atoms with Gasteiger partial charge >= 0.3 is 0 Å². The van der Waals surface area contributed by atoms with Gasteiger partial charge in [-0.1, -0.05) is 38.8 Å². The summed E-state index contributed by atoms with van der Waals surface area (Å²) in [5.74, 6) is -0.565. The standard InChI is InChI=1S/C16H15Br2F2N/c1-2-21-16(14-9-12(19)3-4-15(14)18)7-10-5-11(17)8-13(20)6-10/h3-6,8-9,16,21H,2,7H2,1H3. The van der Waals surface area contributed by atoms with E-state index in [1.165, 1.54) is 24.3 Å². The topological polar surface area (TPSA) is 12.0 Å². The molecule has 21 heavy (non-hydrogen) atoms. The first-order valence-electron chi connectivity index (χ1n) is 6.63. The van der Waals surface area contributed by atoms with Crippen LogP contribution >= 0.6 is 31.9 Å². The molecular formula is C16H15Br2F2N. The molecule has 2 aromatic rings. The van der Waals surface area contributed by atoms with Crippen LogP contribution in [0.4, 0.5) is 8.78 Å². The Morgan fingerprint density at radius 3 is 2.48 bits per heavy atom. The van der Waals surface area contributed by atoms with Crippen LogP contribution in [-0.4, -0.2) is 6.54 Å². The van der Waals surface area contributed by atoms with Gasteiger partial charge in [-0.25, -0.2) is 8.78 Å². The third kappa shape index (κ3) is 4.59. The van der Waals surface area contributed by atoms with E-state index < -0.39 is 0 Å². The largest absolute Gasteiger partial charge is 0.310 e. The molecule has 0 radical (unpaired) electrons. The molecule has 2 rings (SSSR count). The van der Waals surface area contributed by atoms with Crippen LogP contribution < -0.4 is 5.32 Å². The molecule has 0 spiro atoms. The van der Waals surface area contributed by atoms with Crippen molar-refractivity contribution in [3.05, 3.63) is 68.1 Å². The van der Waals surface area contributed by atoms with Gasteiger partial charge in [-0.3, -0.25) is 0 Å². The first-order chi connectivity index (χ1) is 9.99. The molecule has 0 saturated heterocycles. The molecule has 0 bridgehead atoms. The van der Waals surface area contributed by atoms with Crippen molar-refractivity contribution in [1.29, 1.82) is 0 Å². The van der Waals surface area contributed by atoms with E-state index in [1.807, 2.05) is 13.0 Å². The summed E-state index contributed by atoms with van der Waals surface area (Å²) < 4.78 is 28.5. The normalized spacial score (nSPS) is 12.4. The molecule has 1 N–H and O–H groups in total. The Hall–Kier alpha value is -0.780. The molecule has 112 valence electrons. The summed E-state index contributed by atoms with van der Waals surface area (Å²) in [4.78, 5) is 0. The van der Waals surface area contributed by atoms with Crippen LogP contribution in [0, 0.1) is 11.6 Å². The van der Waals surface area contributed by atoms with Crippen molar-refractivity contribution in [2.75, 3.05) is 6.54 Å². The fourth-order valence-electron chi connectivity index (χ4n) is 2.28. The maximum atomic E-state index is 13.5. The number of nitrogens with one attached hydrogen (secondary N) is 1. The van der Waals surface area contributed by atoms with Crippen LogP contribution in [0.15, 0.2) is 45.3 Å². The highest BCUT2D eigenvalue weighted by Gasteiger charge is 2.16. The summed E-state index contributed by atoms with van der Waals surface area (Å²) in [6.45, 7) is 2.73. The third-order valence-corrected chi connectivity index (χ3v) is 4.33. The van der Waals surface area contributed by atoms with Gasteiger partial charge in [0, 0.05) is 15.0 Å². The minimum Gasteiger partial charge on any atom is -0.310 e. The molecule has 1 unspecified atom stereocenters. The molecule has 0 heterocycles. The lowest BCUT2D eigenvalue weighted by Crippen LogP contribution is -2.23. The highest BCUT2D eigenvalue weighted by atomic mass is 79.9. The Morgan fingerprint density at radius 1 is 1.05 bits per heavy atom. The number of hydrogen-bond acceptors (Lipinski definition) is 1. The number of halogens is 4. The predicted octanol–water partition coefficient (Wildman–Crippen LogP) is 5.38. The second kappa shape index (κ2) is 7.47. The van der Waals surface area contributed by atoms with Crippen molar-refractivity contribution >= 4 is 31.9 Å². The lowest BCUT2D eigenvalue weighted by atomic mass is 9.98. The van der Waals surface area contributed by atoms with Crippen LogP contribution in [-0.2, 0) is 6.42 Å². The van der Waals surface area contributed by atoms with Crippen LogP contribution in [0.3, 0.4) is 0 Å². The maximum Gasteiger partial charge on any atom is 0.124 e. The minimum absolute atomic E-state index is 0.0891. The van der Waals surface area contributed by atoms with Crippen molar-refractivity contribution < 1.29 is 8.78 Å². The van der Waals surface area contributed by atoms with Gasteiger partial charge in [0.25, 0.3) is 0 Å². The SMILES string of the molecule is CCNC(Cc1cc(F)cc(Br)c1)c1cc(F)ccc1Br. The van der Waals surface area contributed by atoms with Gasteiger partial charge < -0.3 is 5.32 Å². The zero-order valence-electron chi connectivity index (χ0n) is 11.5. The Labute approximate surface area is 140 Å². The number of hydrogen-bond donors (Lipinski definition) is 1. The summed E-state index contributed by atoms with van der Waals surface area (Å²) in [6.07, 6.45) is 0.576. The first-order valence-corrected chi connectivity index (χ1v) is 8.21. The lowest BCUT2D eigenvalue weighted by molar-refractivity contribution is 0.538. The number of benzene rings is 2. The molecule has 2 aromatic carbocycles. The van der Waals surface area contributed by atoms with Gasteiger partial charge in [0.15, 0.2) is 0 Å². The van der Waals surface area contributed by atoms with Crippen molar-refractivity contribution in [2.24, 2.45) is 0 Å². The Morgan fingerprint density at radius 2 is 1.81 bits per heavy atom. The minimum atomic E-state index is -0.284. The molecule has 0 aliphatic rings. The summed E-state index contributed by atoms with van der Waals surface area (Å²) in [5.41, 5.74) is 1.68. The van der Waals surface area contributed by atoms with Gasteiger partial charge in [-0.2, -0.15) is 0 Å². The second-order valence-corrected chi connectivity index (χ2v) is 6.53. The van der Waals surface area contributed by atoms with E-state index in [1.54, 1.807) is 6.07 Å². The van der Waals surface area contributed by atoms with E-state index in [0.29, 0.717) is 10.9 Å². The Bertz CT molecular complexity index is 611. The molecule has 0 amide bonds. The zero-order chi connectivity index (χ0) is 15.4. The van der Waals surface area contributed by atoms with Gasteiger partial charge in [0.1, 0.15) is 11.6 Å². The summed E-state index contributed by atoms with van der Waals surface area (Å²) >= 11 is 6.75. The van der Waals surface area contributed by atoms with E-state index in [9.17, 15) is 8.78 Å². The van der Waals surface area contributed by atoms with E-state index in [2.05, 4.69) is 37.2 Å². The summed E-state index contributed by atoms with van der Waals surface area (Å²) in [5, 5.41) is 3.32. The smallest absolute Gasteiger partial charge is 0.124 e. The Balaban J connectivity index is 2.32. The van der Waals surface area contributed by atoms with Crippen LogP contribution in [0.2, 0.25) is 0 Å². The lowest BCUT2D eigenvalue weighted by Gasteiger charge is -2.20. The highest BCUT2D eigenvalue weighted by Crippen LogP contribution is 2.28. The molecule has 0 fully saturated rings. The summed E-state index contributed by atoms with van der Waals surface area (Å²) in [6, 6.07) is 9.32. The Kier molecular flexibility index (Phi) is 5.90. The van der Waals surface area contributed by atoms with Crippen LogP contribution in [0.25, 0.3) is 0 Å². The highest BCUT2D eigenvalue weighted by molar-refractivity contribution is 9.10. The van der Waals surface area contributed by atoms with Gasteiger partial charge in [-0.15, -0.1) is 0 Å². The number of rotatable bonds is 5. The maximum absolute atomic E-state index is 13.5. The van der Waals surface area contributed by atoms with Crippen molar-refractivity contribution in [3.63, 3.8) is 0 Å². The van der Waals surface area contributed by atoms with Gasteiger partial charge in [0.05, 0.1) is 0 Å². The van der Waals surface area contributed by atoms with E-state index >= 15 is 0 Å². The number of likely N-dealkylation sites (N-methyl/N-ethyl adjacent to an activating group) is 1. The van der Waals surface area contributed by atoms with Crippen molar-refractivity contribution in [1.82, 2.24) is 5.32 Å². The molecule has 0 saturated carbocycles. The molecular weight excluding hydrogens is 404 g/mol. The molecule has 0 aliphatic heterocycles. The van der Waals surface area contributed by atoms with E-state index in [0.717, 1.165) is 22.1 Å². The van der Waals surface area contributed by atoms with Crippen molar-refractivity contribution in [3.8, 4) is 0 Å². The molecule has 1 nitrogen and oxygen atoms in total. The fraction of sp³-hybridized carbons (Fsp3) is 0.250. The predicted molar refractivity (Wildman–Crippen MR) is 88.3 cm³/mol. The van der Waals surface area contributed by atoms with Crippen molar-refractivity contribution in [2.45, 2.75) is 19.4 Å².